The monoisotopic (exact) mass is 349 g/mol. The lowest BCUT2D eigenvalue weighted by Gasteiger charge is -2.49. The number of nitrogens with one attached hydrogen (secondary N) is 1. The van der Waals surface area contributed by atoms with Gasteiger partial charge in [0.1, 0.15) is 6.17 Å². The van der Waals surface area contributed by atoms with Crippen molar-refractivity contribution in [2.75, 3.05) is 32.1 Å². The van der Waals surface area contributed by atoms with Crippen LogP contribution in [0.3, 0.4) is 0 Å². The van der Waals surface area contributed by atoms with Crippen molar-refractivity contribution in [3.63, 3.8) is 0 Å². The van der Waals surface area contributed by atoms with Gasteiger partial charge in [0, 0.05) is 23.5 Å². The molecule has 4 aliphatic carbocycles. The lowest BCUT2D eigenvalue weighted by Crippen LogP contribution is -2.54. The summed E-state index contributed by atoms with van der Waals surface area (Å²) in [6, 6.07) is 0. The normalized spacial score (nSPS) is 44.8. The van der Waals surface area contributed by atoms with Crippen molar-refractivity contribution in [2.45, 2.75) is 63.6 Å². The van der Waals surface area contributed by atoms with E-state index in [1.54, 1.807) is 0 Å². The van der Waals surface area contributed by atoms with E-state index in [1.165, 1.54) is 50.7 Å². The Bertz CT molecular complexity index is 493. The van der Waals surface area contributed by atoms with Crippen molar-refractivity contribution >= 4 is 17.5 Å². The van der Waals surface area contributed by atoms with Crippen LogP contribution in [0.2, 0.25) is 0 Å². The molecule has 0 spiro atoms. The van der Waals surface area contributed by atoms with E-state index in [-0.39, 0.29) is 0 Å². The average Bonchev–Trinajstić information content (AvgIpc) is 2.77. The minimum Gasteiger partial charge on any atom is -0.311 e. The maximum Gasteiger partial charge on any atom is 0.103 e. The van der Waals surface area contributed by atoms with E-state index in [0.717, 1.165) is 42.5 Å². The standard InChI is InChI=1S/C20H35N3S/c1-14-6-15-7-16-8-17(14)11-20(9-15,10-16)21-5-4-19-22-18(13-24-3)12-23(19)2/h14-17,19,21H,4-13H2,1-3H3. The van der Waals surface area contributed by atoms with E-state index in [9.17, 15) is 0 Å². The zero-order chi connectivity index (χ0) is 16.7. The fourth-order valence-corrected chi connectivity index (χ4v) is 6.98. The molecule has 4 fully saturated rings. The third kappa shape index (κ3) is 3.43. The van der Waals surface area contributed by atoms with Crippen molar-refractivity contribution in [1.82, 2.24) is 10.2 Å². The molecular weight excluding hydrogens is 314 g/mol. The quantitative estimate of drug-likeness (QED) is 0.793. The van der Waals surface area contributed by atoms with Gasteiger partial charge in [0.25, 0.3) is 0 Å². The molecule has 0 aromatic heterocycles. The van der Waals surface area contributed by atoms with Crippen LogP contribution in [0.4, 0.5) is 0 Å². The van der Waals surface area contributed by atoms with Crippen LogP contribution in [0.1, 0.15) is 51.9 Å². The predicted octanol–water partition coefficient (Wildman–Crippen LogP) is 3.65. The second-order valence-corrected chi connectivity index (χ2v) is 10.2. The summed E-state index contributed by atoms with van der Waals surface area (Å²) in [5.41, 5.74) is 1.86. The number of nitrogens with zero attached hydrogens (tertiary/aromatic N) is 2. The van der Waals surface area contributed by atoms with E-state index in [2.05, 4.69) is 30.4 Å². The summed E-state index contributed by atoms with van der Waals surface area (Å²) in [5, 5.41) is 4.08. The summed E-state index contributed by atoms with van der Waals surface area (Å²) >= 11 is 1.89. The van der Waals surface area contributed by atoms with Crippen LogP contribution in [-0.4, -0.2) is 54.5 Å². The molecule has 3 nitrogen and oxygen atoms in total. The number of aliphatic imine (C=N–C) groups is 1. The Morgan fingerprint density at radius 2 is 2.00 bits per heavy atom. The lowest BCUT2D eigenvalue weighted by atomic mass is 9.62. The molecule has 0 radical (unpaired) electrons. The maximum absolute atomic E-state index is 4.95. The minimum atomic E-state index is 0.412. The molecule has 136 valence electrons. The average molecular weight is 350 g/mol. The molecule has 6 atom stereocenters. The molecule has 24 heavy (non-hydrogen) atoms. The molecule has 1 heterocycles. The fraction of sp³-hybridized carbons (Fsp3) is 0.950. The highest BCUT2D eigenvalue weighted by molar-refractivity contribution is 7.99. The van der Waals surface area contributed by atoms with Crippen molar-refractivity contribution < 1.29 is 0 Å². The smallest absolute Gasteiger partial charge is 0.103 e. The van der Waals surface area contributed by atoms with Gasteiger partial charge in [0.2, 0.25) is 0 Å². The van der Waals surface area contributed by atoms with Gasteiger partial charge in [-0.15, -0.1) is 0 Å². The van der Waals surface area contributed by atoms with Crippen molar-refractivity contribution in [3.05, 3.63) is 0 Å². The zero-order valence-electron chi connectivity index (χ0n) is 15.8. The van der Waals surface area contributed by atoms with Gasteiger partial charge in [0.15, 0.2) is 0 Å². The molecule has 1 aliphatic heterocycles. The van der Waals surface area contributed by atoms with Crippen LogP contribution >= 0.6 is 11.8 Å². The first-order valence-corrected chi connectivity index (χ1v) is 11.5. The third-order valence-electron chi connectivity index (χ3n) is 7.31. The van der Waals surface area contributed by atoms with E-state index < -0.39 is 0 Å². The molecule has 5 aliphatic rings. The number of hydrogen-bond acceptors (Lipinski definition) is 4. The Kier molecular flexibility index (Phi) is 5.01. The molecule has 0 amide bonds. The highest BCUT2D eigenvalue weighted by atomic mass is 32.2. The summed E-state index contributed by atoms with van der Waals surface area (Å²) in [6.45, 7) is 4.74. The van der Waals surface area contributed by atoms with E-state index in [0.29, 0.717) is 11.7 Å². The van der Waals surface area contributed by atoms with Gasteiger partial charge in [-0.1, -0.05) is 6.92 Å². The summed E-state index contributed by atoms with van der Waals surface area (Å²) in [6.07, 6.45) is 12.7. The van der Waals surface area contributed by atoms with Crippen LogP contribution in [0, 0.1) is 23.7 Å². The molecule has 4 heteroatoms. The molecule has 0 aromatic carbocycles. The highest BCUT2D eigenvalue weighted by Crippen LogP contribution is 2.54. The van der Waals surface area contributed by atoms with E-state index in [1.807, 2.05) is 11.8 Å². The molecule has 0 aromatic rings. The van der Waals surface area contributed by atoms with Gasteiger partial charge in [0.05, 0.1) is 0 Å². The van der Waals surface area contributed by atoms with Crippen molar-refractivity contribution in [3.8, 4) is 0 Å². The van der Waals surface area contributed by atoms with Gasteiger partial charge >= 0.3 is 0 Å². The van der Waals surface area contributed by atoms with Gasteiger partial charge in [-0.05, 0) is 88.5 Å². The molecule has 1 N–H and O–H groups in total. The molecule has 5 rings (SSSR count). The largest absolute Gasteiger partial charge is 0.311 e. The van der Waals surface area contributed by atoms with Gasteiger partial charge < -0.3 is 5.32 Å². The minimum absolute atomic E-state index is 0.412. The van der Waals surface area contributed by atoms with Crippen LogP contribution in [-0.2, 0) is 0 Å². The van der Waals surface area contributed by atoms with Crippen molar-refractivity contribution in [1.29, 1.82) is 0 Å². The molecule has 4 bridgehead atoms. The Morgan fingerprint density at radius 3 is 2.79 bits per heavy atom. The van der Waals surface area contributed by atoms with E-state index in [4.69, 9.17) is 4.99 Å². The molecule has 6 unspecified atom stereocenters. The van der Waals surface area contributed by atoms with E-state index >= 15 is 0 Å². The Morgan fingerprint density at radius 1 is 1.21 bits per heavy atom. The van der Waals surface area contributed by atoms with Crippen LogP contribution < -0.4 is 5.32 Å². The van der Waals surface area contributed by atoms with Gasteiger partial charge in [-0.3, -0.25) is 9.89 Å². The Balaban J connectivity index is 1.34. The van der Waals surface area contributed by atoms with Gasteiger partial charge in [-0.2, -0.15) is 11.8 Å². The Hall–Kier alpha value is -0.0600. The molecular formula is C20H35N3S. The SMILES string of the molecule is CSCC1=NC(CCNC23CC4CC(CC(C2)C(C)C4)C3)N(C)C1. The second-order valence-electron chi connectivity index (χ2n) is 9.31. The molecule has 0 saturated heterocycles. The first-order valence-electron chi connectivity index (χ1n) is 10.1. The predicted molar refractivity (Wildman–Crippen MR) is 105 cm³/mol. The number of fused-ring (bicyclic) bond motifs is 1. The highest BCUT2D eigenvalue weighted by Gasteiger charge is 2.50. The number of hydrogen-bond donors (Lipinski definition) is 1. The third-order valence-corrected chi connectivity index (χ3v) is 7.93. The van der Waals surface area contributed by atoms with Crippen LogP contribution in [0.5, 0.6) is 0 Å². The first-order chi connectivity index (χ1) is 11.6. The zero-order valence-corrected chi connectivity index (χ0v) is 16.6. The molecule has 4 saturated carbocycles. The van der Waals surface area contributed by atoms with Gasteiger partial charge in [-0.25, -0.2) is 0 Å². The summed E-state index contributed by atoms with van der Waals surface area (Å²) in [7, 11) is 2.24. The number of thioether (sulfide) groups is 1. The van der Waals surface area contributed by atoms with Crippen molar-refractivity contribution in [2.24, 2.45) is 28.7 Å². The number of rotatable bonds is 6. The fourth-order valence-electron chi connectivity index (χ4n) is 6.48. The maximum atomic E-state index is 4.95. The summed E-state index contributed by atoms with van der Waals surface area (Å²) in [5.74, 6) is 5.06. The van der Waals surface area contributed by atoms with Crippen LogP contribution in [0.25, 0.3) is 0 Å². The second kappa shape index (κ2) is 6.92. The summed E-state index contributed by atoms with van der Waals surface area (Å²) in [4.78, 5) is 7.39. The summed E-state index contributed by atoms with van der Waals surface area (Å²) < 4.78 is 0. The lowest BCUT2D eigenvalue weighted by molar-refractivity contribution is 0.0671. The Labute approximate surface area is 152 Å². The van der Waals surface area contributed by atoms with Crippen LogP contribution in [0.15, 0.2) is 4.99 Å². The first kappa shape index (κ1) is 17.4. The topological polar surface area (TPSA) is 27.6 Å².